The van der Waals surface area contributed by atoms with Gasteiger partial charge in [0.1, 0.15) is 57.2 Å². The number of carbonyl (C=O) groups excluding carboxylic acids is 1. The predicted octanol–water partition coefficient (Wildman–Crippen LogP) is 3.03. The summed E-state index contributed by atoms with van der Waals surface area (Å²) in [6.45, 7) is 14.2. The first-order valence-electron chi connectivity index (χ1n) is 22.9. The number of nitrogens with zero attached hydrogens (tertiary/aromatic N) is 1. The molecular formula is C47H65NO17S. The molecule has 3 saturated heterocycles. The molecule has 19 heteroatoms. The van der Waals surface area contributed by atoms with Crippen LogP contribution in [0.3, 0.4) is 0 Å². The molecule has 5 heterocycles. The monoisotopic (exact) mass is 947 g/mol. The molecule has 66 heavy (non-hydrogen) atoms. The quantitative estimate of drug-likeness (QED) is 0.0905. The van der Waals surface area contributed by atoms with Crippen LogP contribution < -0.4 is 10.2 Å². The Bertz CT molecular complexity index is 2530. The van der Waals surface area contributed by atoms with Crippen molar-refractivity contribution >= 4 is 27.3 Å². The van der Waals surface area contributed by atoms with Crippen LogP contribution in [0.2, 0.25) is 0 Å². The number of aliphatic hydroxyl groups is 6. The maximum Gasteiger partial charge on any atom is 0.394 e. The Morgan fingerprint density at radius 2 is 1.62 bits per heavy atom. The van der Waals surface area contributed by atoms with E-state index in [0.29, 0.717) is 85.8 Å². The molecule has 18 nitrogen and oxygen atoms in total. The number of aryl methyl sites for hydroxylation is 1. The lowest BCUT2D eigenvalue weighted by Crippen LogP contribution is -2.85. The zero-order valence-corrected chi connectivity index (χ0v) is 39.3. The number of hydrogen-bond acceptors (Lipinski definition) is 16. The second-order valence-corrected chi connectivity index (χ2v) is 21.9. The lowest BCUT2D eigenvalue weighted by molar-refractivity contribution is -0.354. The number of aromatic hydroxyl groups is 1. The van der Waals surface area contributed by atoms with E-state index in [0.717, 1.165) is 12.0 Å². The minimum atomic E-state index is -4.67. The molecule has 9 N–H and O–H groups in total. The van der Waals surface area contributed by atoms with Gasteiger partial charge in [-0.15, -0.1) is 0 Å². The molecule has 10 rings (SSSR count). The van der Waals surface area contributed by atoms with Crippen LogP contribution in [-0.2, 0) is 31.1 Å². The normalized spacial score (nSPS) is 43.4. The Kier molecular flexibility index (Phi) is 11.9. The molecule has 0 radical (unpaired) electrons. The second kappa shape index (κ2) is 16.0. The van der Waals surface area contributed by atoms with Crippen molar-refractivity contribution in [1.82, 2.24) is 4.90 Å². The Morgan fingerprint density at radius 3 is 2.29 bits per heavy atom. The molecule has 2 aromatic rings. The van der Waals surface area contributed by atoms with Crippen LogP contribution in [0.25, 0.3) is 11.0 Å². The average molecular weight is 948 g/mol. The van der Waals surface area contributed by atoms with Gasteiger partial charge in [0.05, 0.1) is 11.7 Å². The smallest absolute Gasteiger partial charge is 0.394 e. The molecule has 4 aliphatic heterocycles. The number of phenolic OH excluding ortho intramolecular Hbond substituents is 1. The lowest BCUT2D eigenvalue weighted by Gasteiger charge is -2.68. The molecule has 14 unspecified atom stereocenters. The number of esters is 1. The number of hydrogen-bond donors (Lipinski definition) is 9. The van der Waals surface area contributed by atoms with Gasteiger partial charge in [-0.3, -0.25) is 18.8 Å². The molecule has 1 aromatic carbocycles. The van der Waals surface area contributed by atoms with Crippen molar-refractivity contribution in [2.45, 2.75) is 158 Å². The zero-order valence-electron chi connectivity index (χ0n) is 38.5. The first kappa shape index (κ1) is 49.0. The Balaban J connectivity index is 0.000000204. The van der Waals surface area contributed by atoms with E-state index < -0.39 is 85.5 Å². The fourth-order valence-corrected chi connectivity index (χ4v) is 14.1. The van der Waals surface area contributed by atoms with Gasteiger partial charge in [-0.05, 0) is 91.1 Å². The van der Waals surface area contributed by atoms with Crippen molar-refractivity contribution in [3.63, 3.8) is 0 Å². The fourth-order valence-electron chi connectivity index (χ4n) is 14.1. The summed E-state index contributed by atoms with van der Waals surface area (Å²) in [5.41, 5.74) is -7.10. The minimum absolute atomic E-state index is 0.0350. The second-order valence-electron chi connectivity index (χ2n) is 21.0. The molecule has 7 fully saturated rings. The Morgan fingerprint density at radius 1 is 0.955 bits per heavy atom. The maximum atomic E-state index is 12.9. The lowest BCUT2D eigenvalue weighted by atomic mass is 9.49. The Hall–Kier alpha value is -3.47. The Labute approximate surface area is 383 Å². The van der Waals surface area contributed by atoms with Crippen LogP contribution in [0.1, 0.15) is 104 Å². The number of aliphatic hydroxyl groups excluding tert-OH is 1. The first-order chi connectivity index (χ1) is 30.5. The topological polar surface area (TPSA) is 294 Å². The summed E-state index contributed by atoms with van der Waals surface area (Å²) in [7, 11) is -4.67. The highest BCUT2D eigenvalue weighted by molar-refractivity contribution is 7.79. The van der Waals surface area contributed by atoms with E-state index in [2.05, 4.69) is 11.8 Å². The van der Waals surface area contributed by atoms with Crippen LogP contribution in [-0.4, -0.2) is 136 Å². The molecule has 0 amide bonds. The van der Waals surface area contributed by atoms with E-state index in [-0.39, 0.29) is 42.0 Å². The minimum Gasteiger partial charge on any atom is -0.507 e. The average Bonchev–Trinajstić information content (AvgIpc) is 3.33. The first-order valence-corrected chi connectivity index (χ1v) is 24.3. The van der Waals surface area contributed by atoms with E-state index >= 15 is 0 Å². The van der Waals surface area contributed by atoms with Crippen molar-refractivity contribution in [3.05, 3.63) is 57.0 Å². The van der Waals surface area contributed by atoms with Crippen LogP contribution in [0, 0.1) is 36.0 Å². The zero-order chi connectivity index (χ0) is 48.5. The molecule has 14 atom stereocenters. The van der Waals surface area contributed by atoms with Crippen molar-refractivity contribution in [2.24, 2.45) is 29.1 Å². The molecule has 8 aliphatic rings. The number of allylic oxidation sites excluding steroid dienone is 2. The van der Waals surface area contributed by atoms with Crippen LogP contribution in [0.5, 0.6) is 11.5 Å². The molecule has 4 saturated carbocycles. The number of benzene rings is 1. The maximum absolute atomic E-state index is 12.9. The number of fused-ring (bicyclic) bond motifs is 7. The number of phenols is 1. The highest BCUT2D eigenvalue weighted by Crippen LogP contribution is 2.78. The van der Waals surface area contributed by atoms with Gasteiger partial charge >= 0.3 is 16.4 Å². The van der Waals surface area contributed by atoms with Crippen molar-refractivity contribution in [2.75, 3.05) is 19.7 Å². The largest absolute Gasteiger partial charge is 0.507 e. The van der Waals surface area contributed by atoms with Gasteiger partial charge in [-0.25, -0.2) is 4.79 Å². The summed E-state index contributed by atoms with van der Waals surface area (Å²) in [5, 5.41) is 84.5. The summed E-state index contributed by atoms with van der Waals surface area (Å²) in [6.07, 6.45) is 4.84. The number of carbonyl (C=O) groups is 1. The van der Waals surface area contributed by atoms with Gasteiger partial charge in [0.25, 0.3) is 0 Å². The number of ether oxygens (including phenoxy) is 3. The van der Waals surface area contributed by atoms with Crippen LogP contribution >= 0.6 is 0 Å². The third-order valence-corrected chi connectivity index (χ3v) is 17.3. The molecule has 4 aliphatic carbocycles. The third-order valence-electron chi connectivity index (χ3n) is 17.3. The number of piperidine rings is 2. The fraction of sp³-hybridized carbons (Fsp3) is 0.702. The molecular weight excluding hydrogens is 883 g/mol. The number of rotatable bonds is 2. The van der Waals surface area contributed by atoms with Crippen LogP contribution in [0.15, 0.2) is 44.6 Å². The molecule has 1 aromatic heterocycles. The van der Waals surface area contributed by atoms with Gasteiger partial charge in [-0.2, -0.15) is 8.42 Å². The van der Waals surface area contributed by atoms with Gasteiger partial charge in [0.15, 0.2) is 11.5 Å². The SMILES string of the molecule is CC1=CCc2c(cc3oc(C)cc(=O)c3c2O)OC1.CC=C(C)C(=O)OC1CCC2(C)C3CCC4C5(O)CC(O)C6(O)C(CN7CC(C)CCC7C6(C)O)C5(O)CC42OC13O.O=S(=O)(O)O. The van der Waals surface area contributed by atoms with Crippen molar-refractivity contribution in [3.8, 4) is 11.5 Å². The van der Waals surface area contributed by atoms with E-state index in [1.165, 1.54) is 6.07 Å². The van der Waals surface area contributed by atoms with Gasteiger partial charge in [-0.1, -0.05) is 26.0 Å². The van der Waals surface area contributed by atoms with Crippen molar-refractivity contribution < 1.29 is 76.7 Å². The predicted molar refractivity (Wildman–Crippen MR) is 236 cm³/mol. The van der Waals surface area contributed by atoms with Gasteiger partial charge in [0.2, 0.25) is 5.79 Å². The summed E-state index contributed by atoms with van der Waals surface area (Å²) >= 11 is 0. The van der Waals surface area contributed by atoms with Crippen molar-refractivity contribution in [1.29, 1.82) is 0 Å². The summed E-state index contributed by atoms with van der Waals surface area (Å²) in [4.78, 5) is 26.9. The van der Waals surface area contributed by atoms with Gasteiger partial charge in [0, 0.05) is 78.4 Å². The molecule has 4 bridgehead atoms. The summed E-state index contributed by atoms with van der Waals surface area (Å²) in [6, 6.07) is 2.68. The summed E-state index contributed by atoms with van der Waals surface area (Å²) in [5.74, 6) is -2.99. The van der Waals surface area contributed by atoms with E-state index in [1.807, 2.05) is 19.9 Å². The van der Waals surface area contributed by atoms with Crippen LogP contribution in [0.4, 0.5) is 0 Å². The molecule has 1 spiro atoms. The standard InChI is InChI=1S/C32H49NO9.C15H14O4.H2O4S/c1-6-18(3)25(35)41-24-11-12-26(4)19-8-9-20-28(37)13-23(34)31(39)21(29(28,38)16-30(20,26)42-32(19,24)40)15-33-14-17(2)7-10-22(33)27(31,5)36;1-8-3-4-10-12(18-7-8)6-13-14(15(10)17)11(16)5-9(2)19-13;1-5(2,3)4/h6,17,19-24,34,36-40H,7-16H2,1-5H3;3,5-6,17H,4,7H2,1-2H3;(H2,1,2,3,4). The van der Waals surface area contributed by atoms with Gasteiger partial charge < -0.3 is 54.4 Å². The molecule has 366 valence electrons. The summed E-state index contributed by atoms with van der Waals surface area (Å²) < 4.78 is 55.3. The highest BCUT2D eigenvalue weighted by atomic mass is 32.3. The third kappa shape index (κ3) is 7.04. The highest BCUT2D eigenvalue weighted by Gasteiger charge is 2.88. The van der Waals surface area contributed by atoms with E-state index in [4.69, 9.17) is 36.2 Å². The van der Waals surface area contributed by atoms with E-state index in [9.17, 15) is 45.3 Å². The van der Waals surface area contributed by atoms with E-state index in [1.54, 1.807) is 39.8 Å².